The predicted octanol–water partition coefficient (Wildman–Crippen LogP) is 11.1. The van der Waals surface area contributed by atoms with Crippen molar-refractivity contribution < 1.29 is 0 Å². The van der Waals surface area contributed by atoms with Crippen LogP contribution in [0.25, 0.3) is 78.7 Å². The molecule has 0 saturated carbocycles. The number of allylic oxidation sites excluding steroid dienone is 2. The standard InChI is InChI=1S/C38H21N3S2/c1-5-11-30-22(7-1)24-17-21(14-16-32(24)42-30)20-13-15-29-25(18-20)35-34-23-8-2-6-12-31(23)43-33(34)19-26-36-38(41(29)37(26)35)40-28-10-4-3-9-27(28)39-36/h1-19,27,39H. The molecule has 2 aliphatic rings. The zero-order valence-corrected chi connectivity index (χ0v) is 24.4. The molecule has 0 radical (unpaired) electrons. The van der Waals surface area contributed by atoms with Gasteiger partial charge in [0, 0.05) is 56.5 Å². The lowest BCUT2D eigenvalue weighted by atomic mass is 9.98. The van der Waals surface area contributed by atoms with Gasteiger partial charge in [0.1, 0.15) is 0 Å². The lowest BCUT2D eigenvalue weighted by Gasteiger charge is -2.23. The number of benzene rings is 5. The third-order valence-corrected chi connectivity index (χ3v) is 11.6. The Bertz CT molecular complexity index is 2770. The Balaban J connectivity index is 1.27. The Morgan fingerprint density at radius 3 is 2.28 bits per heavy atom. The molecule has 3 nitrogen and oxygen atoms in total. The van der Waals surface area contributed by atoms with Crippen molar-refractivity contribution in [3.63, 3.8) is 0 Å². The van der Waals surface area contributed by atoms with E-state index in [-0.39, 0.29) is 6.04 Å². The first kappa shape index (κ1) is 22.6. The maximum absolute atomic E-state index is 5.27. The molecule has 1 N–H and O–H groups in total. The van der Waals surface area contributed by atoms with Crippen molar-refractivity contribution in [3.8, 4) is 11.1 Å². The van der Waals surface area contributed by atoms with Crippen LogP contribution in [-0.2, 0) is 0 Å². The van der Waals surface area contributed by atoms with E-state index in [1.807, 2.05) is 22.7 Å². The van der Waals surface area contributed by atoms with Crippen LogP contribution in [0.15, 0.2) is 120 Å². The molecule has 1 aliphatic carbocycles. The minimum absolute atomic E-state index is 0.0995. The molecule has 11 rings (SSSR count). The van der Waals surface area contributed by atoms with Crippen LogP contribution in [0.3, 0.4) is 0 Å². The summed E-state index contributed by atoms with van der Waals surface area (Å²) in [6.07, 6.45) is 8.51. The quantitative estimate of drug-likeness (QED) is 0.205. The molecule has 9 aromatic rings. The van der Waals surface area contributed by atoms with Gasteiger partial charge in [-0.25, -0.2) is 4.99 Å². The summed E-state index contributed by atoms with van der Waals surface area (Å²) in [5, 5.41) is 13.0. The average Bonchev–Trinajstić information content (AvgIpc) is 3.79. The number of nitrogens with zero attached hydrogens (tertiary/aromatic N) is 2. The number of hydrogen-bond acceptors (Lipinski definition) is 4. The van der Waals surface area contributed by atoms with Gasteiger partial charge in [-0.2, -0.15) is 0 Å². The normalized spacial score (nSPS) is 16.3. The molecule has 0 spiro atoms. The van der Waals surface area contributed by atoms with Crippen LogP contribution in [-0.4, -0.2) is 16.2 Å². The zero-order valence-electron chi connectivity index (χ0n) is 22.8. The summed E-state index contributed by atoms with van der Waals surface area (Å²) < 4.78 is 7.73. The molecule has 4 aromatic heterocycles. The number of anilines is 1. The van der Waals surface area contributed by atoms with E-state index in [9.17, 15) is 0 Å². The lowest BCUT2D eigenvalue weighted by Crippen LogP contribution is -2.29. The number of nitrogens with one attached hydrogen (secondary N) is 1. The van der Waals surface area contributed by atoms with Crippen LogP contribution < -0.4 is 5.32 Å². The third kappa shape index (κ3) is 2.86. The molecular formula is C38H21N3S2. The van der Waals surface area contributed by atoms with Crippen molar-refractivity contribution in [2.45, 2.75) is 6.04 Å². The summed E-state index contributed by atoms with van der Waals surface area (Å²) in [5.74, 6) is 1.00. The monoisotopic (exact) mass is 583 g/mol. The van der Waals surface area contributed by atoms with Crippen LogP contribution >= 0.6 is 22.7 Å². The molecule has 5 heterocycles. The fraction of sp³-hybridized carbons (Fsp3) is 0.0263. The molecule has 43 heavy (non-hydrogen) atoms. The molecule has 1 aliphatic heterocycles. The second-order valence-corrected chi connectivity index (χ2v) is 13.8. The smallest absolute Gasteiger partial charge is 0.162 e. The van der Waals surface area contributed by atoms with Gasteiger partial charge in [-0.15, -0.1) is 22.7 Å². The molecule has 1 atom stereocenters. The topological polar surface area (TPSA) is 28.8 Å². The van der Waals surface area contributed by atoms with Crippen molar-refractivity contribution >= 4 is 107 Å². The van der Waals surface area contributed by atoms with Gasteiger partial charge in [0.25, 0.3) is 0 Å². The first-order chi connectivity index (χ1) is 21.3. The van der Waals surface area contributed by atoms with E-state index in [1.54, 1.807) is 0 Å². The molecule has 200 valence electrons. The Kier molecular flexibility index (Phi) is 4.15. The maximum atomic E-state index is 5.27. The number of aromatic nitrogens is 1. The average molecular weight is 584 g/mol. The molecule has 0 saturated heterocycles. The molecule has 5 heteroatoms. The SMILES string of the molecule is C1=CC2=Nc3c(c4cc5sc6ccccc6c5c5c6cc(-c7ccc8sc9ccccc9c8c7)ccc6n3c45)NC2C=C1. The predicted molar refractivity (Wildman–Crippen MR) is 188 cm³/mol. The van der Waals surface area contributed by atoms with Crippen LogP contribution in [0, 0.1) is 0 Å². The highest BCUT2D eigenvalue weighted by atomic mass is 32.1. The van der Waals surface area contributed by atoms with Crippen molar-refractivity contribution in [1.82, 2.24) is 4.40 Å². The number of hydrogen-bond donors (Lipinski definition) is 1. The molecule has 0 amide bonds. The van der Waals surface area contributed by atoms with E-state index in [1.165, 1.54) is 78.7 Å². The largest absolute Gasteiger partial charge is 0.370 e. The summed E-state index contributed by atoms with van der Waals surface area (Å²) in [6.45, 7) is 0. The minimum Gasteiger partial charge on any atom is -0.370 e. The highest BCUT2D eigenvalue weighted by molar-refractivity contribution is 7.26. The second-order valence-electron chi connectivity index (χ2n) is 11.6. The fourth-order valence-electron chi connectivity index (χ4n) is 7.44. The summed E-state index contributed by atoms with van der Waals surface area (Å²) >= 11 is 3.76. The summed E-state index contributed by atoms with van der Waals surface area (Å²) in [5.41, 5.74) is 7.15. The molecule has 0 fully saturated rings. The van der Waals surface area contributed by atoms with Crippen molar-refractivity contribution in [2.75, 3.05) is 5.32 Å². The second kappa shape index (κ2) is 7.90. The Morgan fingerprint density at radius 1 is 0.628 bits per heavy atom. The number of fused-ring (bicyclic) bond motifs is 14. The molecule has 1 unspecified atom stereocenters. The van der Waals surface area contributed by atoms with Crippen LogP contribution in [0.4, 0.5) is 11.5 Å². The van der Waals surface area contributed by atoms with Gasteiger partial charge in [0.2, 0.25) is 0 Å². The van der Waals surface area contributed by atoms with Crippen molar-refractivity contribution in [1.29, 1.82) is 0 Å². The van der Waals surface area contributed by atoms with Gasteiger partial charge < -0.3 is 5.32 Å². The van der Waals surface area contributed by atoms with Gasteiger partial charge in [-0.05, 0) is 59.7 Å². The maximum Gasteiger partial charge on any atom is 0.162 e. The van der Waals surface area contributed by atoms with Gasteiger partial charge >= 0.3 is 0 Å². The van der Waals surface area contributed by atoms with Gasteiger partial charge in [0.05, 0.1) is 28.5 Å². The van der Waals surface area contributed by atoms with Crippen LogP contribution in [0.1, 0.15) is 0 Å². The summed E-state index contributed by atoms with van der Waals surface area (Å²) in [6, 6.07) is 34.0. The van der Waals surface area contributed by atoms with Gasteiger partial charge in [-0.3, -0.25) is 4.40 Å². The van der Waals surface area contributed by atoms with Gasteiger partial charge in [-0.1, -0.05) is 66.8 Å². The Hall–Kier alpha value is -4.97. The molecule has 0 bridgehead atoms. The third-order valence-electron chi connectivity index (χ3n) is 9.32. The van der Waals surface area contributed by atoms with E-state index < -0.39 is 0 Å². The number of thiophene rings is 2. The van der Waals surface area contributed by atoms with Crippen molar-refractivity contribution in [3.05, 3.63) is 115 Å². The van der Waals surface area contributed by atoms with Crippen LogP contribution in [0.5, 0.6) is 0 Å². The molecule has 5 aromatic carbocycles. The van der Waals surface area contributed by atoms with E-state index in [0.29, 0.717) is 0 Å². The van der Waals surface area contributed by atoms with Crippen LogP contribution in [0.2, 0.25) is 0 Å². The first-order valence-electron chi connectivity index (χ1n) is 14.6. The minimum atomic E-state index is 0.0995. The summed E-state index contributed by atoms with van der Waals surface area (Å²) in [7, 11) is 0. The number of rotatable bonds is 1. The van der Waals surface area contributed by atoms with E-state index in [2.05, 4.69) is 125 Å². The lowest BCUT2D eigenvalue weighted by molar-refractivity contribution is 1.11. The highest BCUT2D eigenvalue weighted by Crippen LogP contribution is 2.52. The number of aliphatic imine (C=N–C) groups is 1. The molecular weight excluding hydrogens is 563 g/mol. The Labute approximate surface area is 253 Å². The fourth-order valence-corrected chi connectivity index (χ4v) is 9.68. The summed E-state index contributed by atoms with van der Waals surface area (Å²) in [4.78, 5) is 5.27. The van der Waals surface area contributed by atoms with Crippen molar-refractivity contribution in [2.24, 2.45) is 4.99 Å². The van der Waals surface area contributed by atoms with E-state index in [0.717, 1.165) is 17.2 Å². The Morgan fingerprint density at radius 2 is 1.37 bits per heavy atom. The zero-order chi connectivity index (χ0) is 27.8. The van der Waals surface area contributed by atoms with E-state index in [4.69, 9.17) is 4.99 Å². The van der Waals surface area contributed by atoms with E-state index >= 15 is 0 Å². The van der Waals surface area contributed by atoms with Gasteiger partial charge in [0.15, 0.2) is 5.82 Å². The first-order valence-corrected chi connectivity index (χ1v) is 16.2. The highest BCUT2D eigenvalue weighted by Gasteiger charge is 2.30.